The zero-order chi connectivity index (χ0) is 17.5. The maximum atomic E-state index is 5.67. The molecule has 2 aromatic rings. The van der Waals surface area contributed by atoms with Gasteiger partial charge in [0.15, 0.2) is 17.3 Å². The molecule has 132 valence electrons. The number of pyridine rings is 1. The van der Waals surface area contributed by atoms with E-state index in [9.17, 15) is 0 Å². The predicted octanol–water partition coefficient (Wildman–Crippen LogP) is 3.30. The van der Waals surface area contributed by atoms with E-state index in [0.717, 1.165) is 28.5 Å². The summed E-state index contributed by atoms with van der Waals surface area (Å²) < 4.78 is 16.4. The van der Waals surface area contributed by atoms with Gasteiger partial charge < -0.3 is 19.0 Å². The smallest absolute Gasteiger partial charge is 0.231 e. The Kier molecular flexibility index (Phi) is 5.87. The molecule has 0 fully saturated rings. The lowest BCUT2D eigenvalue weighted by Gasteiger charge is -2.08. The Hall–Kier alpha value is -2.57. The molecule has 1 N–H and O–H groups in total. The minimum Gasteiger partial charge on any atom is -0.454 e. The lowest BCUT2D eigenvalue weighted by molar-refractivity contribution is 0.0700. The molecule has 3 heterocycles. The van der Waals surface area contributed by atoms with Crippen molar-refractivity contribution >= 4 is 5.76 Å². The summed E-state index contributed by atoms with van der Waals surface area (Å²) in [7, 11) is 0. The van der Waals surface area contributed by atoms with Gasteiger partial charge in [-0.3, -0.25) is 4.98 Å². The molecule has 1 atom stereocenters. The highest BCUT2D eigenvalue weighted by Crippen LogP contribution is 2.35. The van der Waals surface area contributed by atoms with Gasteiger partial charge in [0.2, 0.25) is 6.79 Å². The molecule has 25 heavy (non-hydrogen) atoms. The van der Waals surface area contributed by atoms with E-state index in [0.29, 0.717) is 13.2 Å². The molecular formula is C19H22N2O4. The number of benzene rings is 1. The van der Waals surface area contributed by atoms with E-state index < -0.39 is 0 Å². The zero-order valence-electron chi connectivity index (χ0n) is 14.4. The summed E-state index contributed by atoms with van der Waals surface area (Å²) in [6.45, 7) is 5.25. The van der Waals surface area contributed by atoms with Crippen LogP contribution in [0.5, 0.6) is 11.5 Å². The maximum absolute atomic E-state index is 5.67. The molecule has 1 aromatic carbocycles. The average Bonchev–Trinajstić information content (AvgIpc) is 3.33. The lowest BCUT2D eigenvalue weighted by Crippen LogP contribution is -2.26. The van der Waals surface area contributed by atoms with Crippen molar-refractivity contribution in [1.29, 1.82) is 0 Å². The van der Waals surface area contributed by atoms with Crippen molar-refractivity contribution in [2.75, 3.05) is 13.4 Å². The number of ether oxygens (including phenoxy) is 3. The highest BCUT2D eigenvalue weighted by atomic mass is 16.7. The largest absolute Gasteiger partial charge is 0.454 e. The molecule has 0 saturated heterocycles. The summed E-state index contributed by atoms with van der Waals surface area (Å²) in [5.74, 6) is 2.26. The fraction of sp³-hybridized carbons (Fsp3) is 0.316. The van der Waals surface area contributed by atoms with Crippen LogP contribution in [0, 0.1) is 0 Å². The first kappa shape index (κ1) is 17.3. The molecule has 6 heteroatoms. The summed E-state index contributed by atoms with van der Waals surface area (Å²) in [5.41, 5.74) is 4.80. The van der Waals surface area contributed by atoms with Crippen LogP contribution in [0.25, 0.3) is 5.76 Å². The van der Waals surface area contributed by atoms with Gasteiger partial charge in [0.05, 0.1) is 24.9 Å². The Morgan fingerprint density at radius 2 is 2.04 bits per heavy atom. The maximum Gasteiger partial charge on any atom is 0.231 e. The Morgan fingerprint density at radius 3 is 2.88 bits per heavy atom. The number of rotatable bonds is 5. The highest BCUT2D eigenvalue weighted by Gasteiger charge is 2.21. The van der Waals surface area contributed by atoms with Gasteiger partial charge in [0.25, 0.3) is 0 Å². The van der Waals surface area contributed by atoms with Crippen LogP contribution >= 0.6 is 0 Å². The van der Waals surface area contributed by atoms with Crippen LogP contribution in [0.4, 0.5) is 0 Å². The average molecular weight is 342 g/mol. The van der Waals surface area contributed by atoms with Gasteiger partial charge in [-0.25, -0.2) is 0 Å². The van der Waals surface area contributed by atoms with E-state index in [1.54, 1.807) is 6.20 Å². The minimum atomic E-state index is -0.000801. The van der Waals surface area contributed by atoms with Gasteiger partial charge in [-0.05, 0) is 36.4 Å². The van der Waals surface area contributed by atoms with Gasteiger partial charge in [-0.2, -0.15) is 0 Å². The van der Waals surface area contributed by atoms with Crippen LogP contribution in [0.3, 0.4) is 0 Å². The first-order chi connectivity index (χ1) is 12.4. The number of aromatic nitrogens is 1. The molecule has 1 unspecified atom stereocenters. The van der Waals surface area contributed by atoms with Gasteiger partial charge in [0, 0.05) is 11.8 Å². The van der Waals surface area contributed by atoms with Crippen LogP contribution in [0.2, 0.25) is 0 Å². The molecule has 4 rings (SSSR count). The van der Waals surface area contributed by atoms with Crippen LogP contribution in [0.1, 0.15) is 25.1 Å². The molecule has 0 aliphatic carbocycles. The van der Waals surface area contributed by atoms with Crippen LogP contribution in [-0.2, 0) is 16.2 Å². The van der Waals surface area contributed by atoms with Gasteiger partial charge in [-0.1, -0.05) is 19.9 Å². The molecule has 0 spiro atoms. The molecule has 2 aliphatic rings. The van der Waals surface area contributed by atoms with Crippen molar-refractivity contribution in [3.05, 3.63) is 59.9 Å². The van der Waals surface area contributed by atoms with Crippen LogP contribution in [0.15, 0.2) is 48.7 Å². The van der Waals surface area contributed by atoms with Crippen LogP contribution in [-0.4, -0.2) is 24.4 Å². The van der Waals surface area contributed by atoms with Crippen molar-refractivity contribution in [1.82, 2.24) is 10.5 Å². The Morgan fingerprint density at radius 1 is 1.16 bits per heavy atom. The number of hydrogen-bond donors (Lipinski definition) is 1. The molecule has 0 radical (unpaired) electrons. The number of nitrogens with one attached hydrogen (secondary N) is 1. The molecule has 2 aliphatic heterocycles. The number of fused-ring (bicyclic) bond motifs is 1. The van der Waals surface area contributed by atoms with Crippen molar-refractivity contribution in [3.8, 4) is 11.5 Å². The zero-order valence-corrected chi connectivity index (χ0v) is 14.4. The quantitative estimate of drug-likeness (QED) is 0.900. The lowest BCUT2D eigenvalue weighted by atomic mass is 10.1. The van der Waals surface area contributed by atoms with E-state index in [2.05, 4.69) is 10.5 Å². The summed E-state index contributed by atoms with van der Waals surface area (Å²) in [6, 6.07) is 11.5. The Bertz CT molecular complexity index is 719. The Balaban J connectivity index is 0.000000880. The summed E-state index contributed by atoms with van der Waals surface area (Å²) in [6.07, 6.45) is 3.75. The second kappa shape index (κ2) is 8.50. The molecule has 6 nitrogen and oxygen atoms in total. The van der Waals surface area contributed by atoms with Gasteiger partial charge >= 0.3 is 0 Å². The first-order valence-corrected chi connectivity index (χ1v) is 8.40. The van der Waals surface area contributed by atoms with Crippen molar-refractivity contribution < 1.29 is 19.0 Å². The standard InChI is InChI=1S/C17H16N2O4.C2H6/c1-2-6-18-13(3-1)9-20-10-14-8-16(23-19-14)12-4-5-15-17(7-12)22-11-21-15;1-2/h1-8,14,19H,9-11H2;1-2H3. The molecule has 0 amide bonds. The summed E-state index contributed by atoms with van der Waals surface area (Å²) in [4.78, 5) is 9.75. The third-order valence-electron chi connectivity index (χ3n) is 3.60. The van der Waals surface area contributed by atoms with Crippen LogP contribution < -0.4 is 15.0 Å². The number of nitrogens with zero attached hydrogens (tertiary/aromatic N) is 1. The fourth-order valence-corrected chi connectivity index (χ4v) is 2.45. The summed E-state index contributed by atoms with van der Waals surface area (Å²) in [5, 5.41) is 0. The molecule has 0 bridgehead atoms. The summed E-state index contributed by atoms with van der Waals surface area (Å²) >= 11 is 0. The topological polar surface area (TPSA) is 61.8 Å². The van der Waals surface area contributed by atoms with E-state index in [1.807, 2.05) is 56.3 Å². The fourth-order valence-electron chi connectivity index (χ4n) is 2.45. The second-order valence-electron chi connectivity index (χ2n) is 5.26. The number of hydroxylamine groups is 1. The second-order valence-corrected chi connectivity index (χ2v) is 5.26. The minimum absolute atomic E-state index is 0.000801. The highest BCUT2D eigenvalue weighted by molar-refractivity contribution is 5.65. The van der Waals surface area contributed by atoms with Crippen molar-refractivity contribution in [3.63, 3.8) is 0 Å². The predicted molar refractivity (Wildman–Crippen MR) is 93.8 cm³/mol. The van der Waals surface area contributed by atoms with Crippen molar-refractivity contribution in [2.24, 2.45) is 0 Å². The normalized spacial score (nSPS) is 17.4. The van der Waals surface area contributed by atoms with E-state index >= 15 is 0 Å². The monoisotopic (exact) mass is 342 g/mol. The molecular weight excluding hydrogens is 320 g/mol. The molecule has 1 aromatic heterocycles. The SMILES string of the molecule is C1=C(c2ccc3c(c2)OCO3)ONC1COCc1ccccn1.CC. The first-order valence-electron chi connectivity index (χ1n) is 8.40. The van der Waals surface area contributed by atoms with E-state index in [1.165, 1.54) is 0 Å². The van der Waals surface area contributed by atoms with Gasteiger partial charge in [-0.15, -0.1) is 5.48 Å². The van der Waals surface area contributed by atoms with Gasteiger partial charge in [0.1, 0.15) is 0 Å². The third kappa shape index (κ3) is 4.29. The Labute approximate surface area is 147 Å². The molecule has 0 saturated carbocycles. The van der Waals surface area contributed by atoms with Crippen molar-refractivity contribution in [2.45, 2.75) is 26.5 Å². The third-order valence-corrected chi connectivity index (χ3v) is 3.60. The van der Waals surface area contributed by atoms with E-state index in [-0.39, 0.29) is 12.8 Å². The number of hydrogen-bond acceptors (Lipinski definition) is 6. The van der Waals surface area contributed by atoms with E-state index in [4.69, 9.17) is 19.0 Å².